The summed E-state index contributed by atoms with van der Waals surface area (Å²) in [5.41, 5.74) is 1.55. The fourth-order valence-electron chi connectivity index (χ4n) is 5.09. The van der Waals surface area contributed by atoms with Gasteiger partial charge in [-0.3, -0.25) is 19.3 Å². The zero-order valence-electron chi connectivity index (χ0n) is 22.4. The molecule has 0 unspecified atom stereocenters. The Morgan fingerprint density at radius 3 is 2.50 bits per heavy atom. The molecule has 2 aromatic carbocycles. The van der Waals surface area contributed by atoms with Crippen molar-refractivity contribution < 1.29 is 32.9 Å². The molecule has 40 heavy (non-hydrogen) atoms. The number of fused-ring (bicyclic) bond motifs is 2. The summed E-state index contributed by atoms with van der Waals surface area (Å²) in [5, 5.41) is 11.1. The fraction of sp³-hybridized carbons (Fsp3) is 0.300. The van der Waals surface area contributed by atoms with Crippen LogP contribution in [-0.4, -0.2) is 43.8 Å². The minimum absolute atomic E-state index is 0.0626. The Kier molecular flexibility index (Phi) is 7.61. The average molecular weight is 548 g/mol. The molecule has 10 nitrogen and oxygen atoms in total. The van der Waals surface area contributed by atoms with Gasteiger partial charge in [0.15, 0.2) is 22.7 Å². The van der Waals surface area contributed by atoms with Gasteiger partial charge in [-0.1, -0.05) is 12.1 Å². The first kappa shape index (κ1) is 27.0. The SMILES string of the molecule is COC(=O)C[C@@H](c1oc(CN2CCc3cc(OC)c(OC)cc3C2)cc(=O)c1O)c1coc2ccccc2c1=O. The zero-order chi connectivity index (χ0) is 28.4. The number of aromatic hydroxyl groups is 1. The van der Waals surface area contributed by atoms with Crippen LogP contribution < -0.4 is 20.3 Å². The van der Waals surface area contributed by atoms with Crippen molar-refractivity contribution in [1.29, 1.82) is 0 Å². The predicted octanol–water partition coefficient (Wildman–Crippen LogP) is 3.72. The van der Waals surface area contributed by atoms with E-state index in [2.05, 4.69) is 4.90 Å². The molecule has 3 heterocycles. The quantitative estimate of drug-likeness (QED) is 0.326. The number of methoxy groups -OCH3 is 3. The molecule has 1 N–H and O–H groups in total. The highest BCUT2D eigenvalue weighted by Crippen LogP contribution is 2.35. The Bertz CT molecular complexity index is 1690. The lowest BCUT2D eigenvalue weighted by atomic mass is 9.92. The number of carbonyl (C=O) groups is 1. The van der Waals surface area contributed by atoms with Crippen LogP contribution in [0.25, 0.3) is 11.0 Å². The number of rotatable bonds is 8. The Balaban J connectivity index is 1.51. The number of benzene rings is 2. The van der Waals surface area contributed by atoms with Gasteiger partial charge < -0.3 is 28.2 Å². The first-order chi connectivity index (χ1) is 19.3. The van der Waals surface area contributed by atoms with Gasteiger partial charge in [-0.2, -0.15) is 0 Å². The summed E-state index contributed by atoms with van der Waals surface area (Å²) in [6.45, 7) is 1.51. The minimum Gasteiger partial charge on any atom is -0.502 e. The van der Waals surface area contributed by atoms with E-state index in [0.717, 1.165) is 17.5 Å². The summed E-state index contributed by atoms with van der Waals surface area (Å²) in [6, 6.07) is 11.8. The Morgan fingerprint density at radius 2 is 1.77 bits per heavy atom. The van der Waals surface area contributed by atoms with Crippen LogP contribution in [0.15, 0.2) is 67.2 Å². The average Bonchev–Trinajstić information content (AvgIpc) is 2.97. The van der Waals surface area contributed by atoms with E-state index in [1.807, 2.05) is 12.1 Å². The molecule has 0 spiro atoms. The van der Waals surface area contributed by atoms with Gasteiger partial charge in [-0.15, -0.1) is 0 Å². The molecule has 0 saturated heterocycles. The molecule has 0 saturated carbocycles. The molecule has 1 aliphatic heterocycles. The summed E-state index contributed by atoms with van der Waals surface area (Å²) in [5.74, 6) is -1.06. The highest BCUT2D eigenvalue weighted by atomic mass is 16.5. The lowest BCUT2D eigenvalue weighted by molar-refractivity contribution is -0.140. The van der Waals surface area contributed by atoms with Crippen molar-refractivity contribution >= 4 is 16.9 Å². The number of carbonyl (C=O) groups excluding carboxylic acids is 1. The van der Waals surface area contributed by atoms with Crippen molar-refractivity contribution in [2.45, 2.75) is 31.8 Å². The third-order valence-electron chi connectivity index (χ3n) is 7.17. The molecule has 5 rings (SSSR count). The van der Waals surface area contributed by atoms with Crippen molar-refractivity contribution in [2.24, 2.45) is 0 Å². The number of ether oxygens (including phenoxy) is 3. The van der Waals surface area contributed by atoms with E-state index >= 15 is 0 Å². The van der Waals surface area contributed by atoms with Gasteiger partial charge >= 0.3 is 5.97 Å². The van der Waals surface area contributed by atoms with Gasteiger partial charge in [0.1, 0.15) is 11.3 Å². The topological polar surface area (TPSA) is 129 Å². The second kappa shape index (κ2) is 11.3. The molecule has 0 radical (unpaired) electrons. The Hall–Kier alpha value is -4.57. The number of hydrogen-bond acceptors (Lipinski definition) is 10. The van der Waals surface area contributed by atoms with E-state index in [0.29, 0.717) is 35.6 Å². The molecule has 0 amide bonds. The first-order valence-electron chi connectivity index (χ1n) is 12.7. The van der Waals surface area contributed by atoms with Crippen LogP contribution in [-0.2, 0) is 29.0 Å². The molecule has 0 bridgehead atoms. The highest BCUT2D eigenvalue weighted by molar-refractivity contribution is 5.77. The van der Waals surface area contributed by atoms with Crippen molar-refractivity contribution in [1.82, 2.24) is 4.90 Å². The van der Waals surface area contributed by atoms with Gasteiger partial charge in [-0.25, -0.2) is 0 Å². The molecular formula is C30H29NO9. The molecule has 1 atom stereocenters. The van der Waals surface area contributed by atoms with Crippen LogP contribution in [0.3, 0.4) is 0 Å². The molecule has 2 aromatic heterocycles. The van der Waals surface area contributed by atoms with Crippen molar-refractivity contribution in [3.05, 3.63) is 97.4 Å². The van der Waals surface area contributed by atoms with Crippen molar-refractivity contribution in [3.8, 4) is 17.2 Å². The fourth-order valence-corrected chi connectivity index (χ4v) is 5.09. The molecule has 0 aliphatic carbocycles. The van der Waals surface area contributed by atoms with Gasteiger partial charge in [0.05, 0.1) is 51.9 Å². The molecule has 4 aromatic rings. The maximum Gasteiger partial charge on any atom is 0.306 e. The number of esters is 1. The summed E-state index contributed by atoms with van der Waals surface area (Å²) in [6.07, 6.45) is 1.62. The maximum atomic E-state index is 13.4. The normalized spacial score (nSPS) is 14.0. The first-order valence-corrected chi connectivity index (χ1v) is 12.7. The standard InChI is InChI=1S/C30H29NO9/c1-36-25-10-17-8-9-31(14-18(17)11-26(25)37-2)15-19-12-23(32)29(35)30(40-19)21(13-27(33)38-3)22-16-39-24-7-5-4-6-20(24)28(22)34/h4-7,10-12,16,21,35H,8-9,13-15H2,1-3H3/t21-/m1/s1. The summed E-state index contributed by atoms with van der Waals surface area (Å²) in [7, 11) is 4.39. The molecule has 10 heteroatoms. The largest absolute Gasteiger partial charge is 0.502 e. The highest BCUT2D eigenvalue weighted by Gasteiger charge is 2.30. The second-order valence-corrected chi connectivity index (χ2v) is 9.58. The lowest BCUT2D eigenvalue weighted by Crippen LogP contribution is -2.30. The van der Waals surface area contributed by atoms with Crippen LogP contribution in [0.4, 0.5) is 0 Å². The maximum absolute atomic E-state index is 13.4. The number of hydrogen-bond donors (Lipinski definition) is 1. The van der Waals surface area contributed by atoms with Crippen molar-refractivity contribution in [3.63, 3.8) is 0 Å². The van der Waals surface area contributed by atoms with Crippen LogP contribution in [0.2, 0.25) is 0 Å². The van der Waals surface area contributed by atoms with Gasteiger partial charge in [-0.05, 0) is 41.8 Å². The van der Waals surface area contributed by atoms with E-state index < -0.39 is 28.5 Å². The van der Waals surface area contributed by atoms with Gasteiger partial charge in [0.25, 0.3) is 0 Å². The van der Waals surface area contributed by atoms with Gasteiger partial charge in [0.2, 0.25) is 11.2 Å². The van der Waals surface area contributed by atoms with E-state index in [1.54, 1.807) is 38.5 Å². The van der Waals surface area contributed by atoms with Crippen LogP contribution in [0.5, 0.6) is 17.2 Å². The monoisotopic (exact) mass is 547 g/mol. The predicted molar refractivity (Wildman–Crippen MR) is 145 cm³/mol. The molecule has 1 aliphatic rings. The molecule has 208 valence electrons. The Labute approximate surface area is 229 Å². The van der Waals surface area contributed by atoms with E-state index in [1.165, 1.54) is 19.4 Å². The van der Waals surface area contributed by atoms with E-state index in [9.17, 15) is 19.5 Å². The third-order valence-corrected chi connectivity index (χ3v) is 7.17. The van der Waals surface area contributed by atoms with E-state index in [4.69, 9.17) is 23.0 Å². The van der Waals surface area contributed by atoms with Crippen molar-refractivity contribution in [2.75, 3.05) is 27.9 Å². The Morgan fingerprint density at radius 1 is 1.05 bits per heavy atom. The summed E-state index contributed by atoms with van der Waals surface area (Å²) >= 11 is 0. The van der Waals surface area contributed by atoms with Crippen LogP contribution in [0, 0.1) is 0 Å². The minimum atomic E-state index is -1.11. The van der Waals surface area contributed by atoms with Crippen LogP contribution in [0.1, 0.15) is 40.5 Å². The summed E-state index contributed by atoms with van der Waals surface area (Å²) in [4.78, 5) is 40.7. The lowest BCUT2D eigenvalue weighted by Gasteiger charge is -2.29. The second-order valence-electron chi connectivity index (χ2n) is 9.58. The zero-order valence-corrected chi connectivity index (χ0v) is 22.4. The number of nitrogens with zero attached hydrogens (tertiary/aromatic N) is 1. The third kappa shape index (κ3) is 5.17. The number of para-hydroxylation sites is 1. The molecule has 0 fully saturated rings. The summed E-state index contributed by atoms with van der Waals surface area (Å²) < 4.78 is 27.4. The van der Waals surface area contributed by atoms with Gasteiger partial charge in [0, 0.05) is 24.7 Å². The van der Waals surface area contributed by atoms with E-state index in [-0.39, 0.29) is 30.0 Å². The smallest absolute Gasteiger partial charge is 0.306 e. The van der Waals surface area contributed by atoms with Crippen LogP contribution >= 0.6 is 0 Å². The molecular weight excluding hydrogens is 518 g/mol.